The highest BCUT2D eigenvalue weighted by molar-refractivity contribution is 5.34. The van der Waals surface area contributed by atoms with Crippen LogP contribution in [0.1, 0.15) is 38.9 Å². The van der Waals surface area contributed by atoms with E-state index in [9.17, 15) is 4.79 Å². The second-order valence-corrected chi connectivity index (χ2v) is 5.47. The van der Waals surface area contributed by atoms with Crippen LogP contribution in [-0.4, -0.2) is 16.0 Å². The van der Waals surface area contributed by atoms with Crippen molar-refractivity contribution in [3.05, 3.63) is 22.2 Å². The van der Waals surface area contributed by atoms with E-state index in [0.29, 0.717) is 17.7 Å². The Kier molecular flexibility index (Phi) is 3.50. The second-order valence-electron chi connectivity index (χ2n) is 5.47. The Balaban J connectivity index is 2.07. The first kappa shape index (κ1) is 12.1. The van der Waals surface area contributed by atoms with Gasteiger partial charge in [0.25, 0.3) is 5.56 Å². The fourth-order valence-electron chi connectivity index (χ4n) is 2.93. The van der Waals surface area contributed by atoms with Crippen molar-refractivity contribution in [2.75, 3.05) is 5.32 Å². The molecule has 1 fully saturated rings. The lowest BCUT2D eigenvalue weighted by atomic mass is 9.80. The maximum absolute atomic E-state index is 11.3. The van der Waals surface area contributed by atoms with Crippen LogP contribution in [0.4, 0.5) is 5.82 Å². The van der Waals surface area contributed by atoms with Crippen LogP contribution in [0.25, 0.3) is 0 Å². The van der Waals surface area contributed by atoms with E-state index in [0.717, 1.165) is 24.7 Å². The van der Waals surface area contributed by atoms with E-state index in [1.807, 2.05) is 0 Å². The molecular weight excluding hydrogens is 214 g/mol. The lowest BCUT2D eigenvalue weighted by Crippen LogP contribution is -2.31. The van der Waals surface area contributed by atoms with Crippen molar-refractivity contribution in [1.29, 1.82) is 0 Å². The van der Waals surface area contributed by atoms with Crippen molar-refractivity contribution in [3.8, 4) is 0 Å². The van der Waals surface area contributed by atoms with Crippen LogP contribution in [0, 0.1) is 18.8 Å². The Hall–Kier alpha value is -1.32. The molecule has 2 atom stereocenters. The maximum Gasteiger partial charge on any atom is 0.252 e. The molecule has 4 nitrogen and oxygen atoms in total. The zero-order chi connectivity index (χ0) is 12.4. The first-order valence-corrected chi connectivity index (χ1v) is 6.37. The van der Waals surface area contributed by atoms with Gasteiger partial charge in [-0.3, -0.25) is 4.79 Å². The molecule has 1 aliphatic rings. The van der Waals surface area contributed by atoms with Gasteiger partial charge in [0.15, 0.2) is 0 Å². The Morgan fingerprint density at radius 1 is 1.29 bits per heavy atom. The molecule has 1 aromatic rings. The normalized spacial score (nSPS) is 29.0. The molecule has 0 aromatic carbocycles. The van der Waals surface area contributed by atoms with Gasteiger partial charge in [0, 0.05) is 12.1 Å². The van der Waals surface area contributed by atoms with Crippen molar-refractivity contribution in [2.24, 2.45) is 11.8 Å². The molecule has 17 heavy (non-hydrogen) atoms. The molecule has 0 radical (unpaired) electrons. The first-order chi connectivity index (χ1) is 8.02. The van der Waals surface area contributed by atoms with Crippen molar-refractivity contribution in [3.63, 3.8) is 0 Å². The van der Waals surface area contributed by atoms with E-state index < -0.39 is 0 Å². The summed E-state index contributed by atoms with van der Waals surface area (Å²) in [7, 11) is 0. The van der Waals surface area contributed by atoms with E-state index in [4.69, 9.17) is 0 Å². The van der Waals surface area contributed by atoms with E-state index in [1.54, 1.807) is 6.92 Å². The first-order valence-electron chi connectivity index (χ1n) is 6.37. The number of anilines is 1. The van der Waals surface area contributed by atoms with E-state index >= 15 is 0 Å². The Bertz CT molecular complexity index is 431. The minimum atomic E-state index is -0.0862. The van der Waals surface area contributed by atoms with Gasteiger partial charge in [0.2, 0.25) is 0 Å². The van der Waals surface area contributed by atoms with Crippen LogP contribution in [0.3, 0.4) is 0 Å². The number of nitrogens with one attached hydrogen (secondary N) is 2. The van der Waals surface area contributed by atoms with Gasteiger partial charge in [0.1, 0.15) is 11.6 Å². The van der Waals surface area contributed by atoms with Gasteiger partial charge in [-0.1, -0.05) is 13.8 Å². The van der Waals surface area contributed by atoms with E-state index in [1.165, 1.54) is 12.5 Å². The SMILES string of the molecule is Cc1nc(NC2CC(C)CC(C)C2)cc(=O)[nH]1. The third-order valence-corrected chi connectivity index (χ3v) is 3.39. The molecule has 1 saturated carbocycles. The number of aromatic amines is 1. The molecule has 0 spiro atoms. The van der Waals surface area contributed by atoms with Gasteiger partial charge in [-0.2, -0.15) is 0 Å². The largest absolute Gasteiger partial charge is 0.367 e. The van der Waals surface area contributed by atoms with Gasteiger partial charge >= 0.3 is 0 Å². The van der Waals surface area contributed by atoms with Crippen LogP contribution in [0.5, 0.6) is 0 Å². The summed E-state index contributed by atoms with van der Waals surface area (Å²) in [6, 6.07) is 1.99. The molecule has 1 aliphatic carbocycles. The molecule has 2 rings (SSSR count). The second kappa shape index (κ2) is 4.90. The summed E-state index contributed by atoms with van der Waals surface area (Å²) in [5.41, 5.74) is -0.0862. The molecule has 0 bridgehead atoms. The van der Waals surface area contributed by atoms with Crippen LogP contribution >= 0.6 is 0 Å². The number of hydrogen-bond donors (Lipinski definition) is 2. The van der Waals surface area contributed by atoms with Gasteiger partial charge < -0.3 is 10.3 Å². The number of aryl methyl sites for hydroxylation is 1. The van der Waals surface area contributed by atoms with E-state index in [-0.39, 0.29) is 5.56 Å². The standard InChI is InChI=1S/C13H21N3O/c1-8-4-9(2)6-11(5-8)16-12-7-13(17)15-10(3)14-12/h7-9,11H,4-6H2,1-3H3,(H2,14,15,16,17). The van der Waals surface area contributed by atoms with Gasteiger partial charge in [-0.25, -0.2) is 4.98 Å². The van der Waals surface area contributed by atoms with Crippen molar-refractivity contribution in [1.82, 2.24) is 9.97 Å². The summed E-state index contributed by atoms with van der Waals surface area (Å²) in [5, 5.41) is 3.39. The minimum absolute atomic E-state index is 0.0862. The lowest BCUT2D eigenvalue weighted by molar-refractivity contribution is 0.280. The maximum atomic E-state index is 11.3. The van der Waals surface area contributed by atoms with Crippen LogP contribution in [-0.2, 0) is 0 Å². The molecule has 2 unspecified atom stereocenters. The summed E-state index contributed by atoms with van der Waals surface area (Å²) >= 11 is 0. The third-order valence-electron chi connectivity index (χ3n) is 3.39. The fourth-order valence-corrected chi connectivity index (χ4v) is 2.93. The minimum Gasteiger partial charge on any atom is -0.367 e. The summed E-state index contributed by atoms with van der Waals surface area (Å²) in [6.45, 7) is 6.39. The van der Waals surface area contributed by atoms with E-state index in [2.05, 4.69) is 29.1 Å². The quantitative estimate of drug-likeness (QED) is 0.827. The third kappa shape index (κ3) is 3.32. The molecule has 1 heterocycles. The summed E-state index contributed by atoms with van der Waals surface area (Å²) in [5.74, 6) is 2.87. The summed E-state index contributed by atoms with van der Waals surface area (Å²) in [6.07, 6.45) is 3.63. The van der Waals surface area contributed by atoms with Crippen molar-refractivity contribution < 1.29 is 0 Å². The highest BCUT2D eigenvalue weighted by Gasteiger charge is 2.23. The summed E-state index contributed by atoms with van der Waals surface area (Å²) in [4.78, 5) is 18.3. The number of aromatic nitrogens is 2. The van der Waals surface area contributed by atoms with Gasteiger partial charge in [-0.15, -0.1) is 0 Å². The average Bonchev–Trinajstić information content (AvgIpc) is 2.13. The highest BCUT2D eigenvalue weighted by atomic mass is 16.1. The van der Waals surface area contributed by atoms with Crippen molar-refractivity contribution in [2.45, 2.75) is 46.1 Å². The molecule has 4 heteroatoms. The molecule has 2 N–H and O–H groups in total. The van der Waals surface area contributed by atoms with Gasteiger partial charge in [0.05, 0.1) is 0 Å². The predicted octanol–water partition coefficient (Wildman–Crippen LogP) is 2.31. The predicted molar refractivity (Wildman–Crippen MR) is 69.2 cm³/mol. The molecule has 0 amide bonds. The highest BCUT2D eigenvalue weighted by Crippen LogP contribution is 2.29. The summed E-state index contributed by atoms with van der Waals surface area (Å²) < 4.78 is 0. The monoisotopic (exact) mass is 235 g/mol. The van der Waals surface area contributed by atoms with Crippen LogP contribution in [0.15, 0.2) is 10.9 Å². The zero-order valence-electron chi connectivity index (χ0n) is 10.8. The molecule has 1 aromatic heterocycles. The van der Waals surface area contributed by atoms with Gasteiger partial charge in [-0.05, 0) is 38.0 Å². The fraction of sp³-hybridized carbons (Fsp3) is 0.692. The molecular formula is C13H21N3O. The smallest absolute Gasteiger partial charge is 0.252 e. The van der Waals surface area contributed by atoms with Crippen LogP contribution in [0.2, 0.25) is 0 Å². The number of hydrogen-bond acceptors (Lipinski definition) is 3. The van der Waals surface area contributed by atoms with Crippen molar-refractivity contribution >= 4 is 5.82 Å². The molecule has 94 valence electrons. The number of rotatable bonds is 2. The number of H-pyrrole nitrogens is 1. The average molecular weight is 235 g/mol. The topological polar surface area (TPSA) is 57.8 Å². The zero-order valence-corrected chi connectivity index (χ0v) is 10.8. The molecule has 0 aliphatic heterocycles. The van der Waals surface area contributed by atoms with Crippen LogP contribution < -0.4 is 10.9 Å². The number of nitrogens with zero attached hydrogens (tertiary/aromatic N) is 1. The Labute approximate surface area is 102 Å². The Morgan fingerprint density at radius 3 is 2.53 bits per heavy atom. The Morgan fingerprint density at radius 2 is 1.94 bits per heavy atom. The molecule has 0 saturated heterocycles. The lowest BCUT2D eigenvalue weighted by Gasteiger charge is -2.32.